The Morgan fingerprint density at radius 3 is 2.70 bits per heavy atom. The SMILES string of the molecule is CC(C)c1c(N)ncnc1N1CCC2CCC(C1)N2C. The molecule has 5 nitrogen and oxygen atoms in total. The Kier molecular flexibility index (Phi) is 3.54. The van der Waals surface area contributed by atoms with Crippen LogP contribution in [-0.2, 0) is 0 Å². The number of fused-ring (bicyclic) bond motifs is 2. The van der Waals surface area contributed by atoms with Crippen LogP contribution >= 0.6 is 0 Å². The minimum Gasteiger partial charge on any atom is -0.383 e. The molecule has 2 fully saturated rings. The summed E-state index contributed by atoms with van der Waals surface area (Å²) in [5, 5.41) is 0. The van der Waals surface area contributed by atoms with Crippen molar-refractivity contribution in [1.29, 1.82) is 0 Å². The lowest BCUT2D eigenvalue weighted by atomic mass is 10.0. The summed E-state index contributed by atoms with van der Waals surface area (Å²) >= 11 is 0. The monoisotopic (exact) mass is 275 g/mol. The van der Waals surface area contributed by atoms with Crippen LogP contribution in [0.25, 0.3) is 0 Å². The van der Waals surface area contributed by atoms with Gasteiger partial charge in [0, 0.05) is 30.7 Å². The fourth-order valence-electron chi connectivity index (χ4n) is 3.71. The molecular formula is C15H25N5. The molecule has 3 heterocycles. The molecule has 2 saturated heterocycles. The second kappa shape index (κ2) is 5.20. The second-order valence-corrected chi connectivity index (χ2v) is 6.44. The van der Waals surface area contributed by atoms with Gasteiger partial charge in [-0.15, -0.1) is 0 Å². The fourth-order valence-corrected chi connectivity index (χ4v) is 3.71. The standard InChI is InChI=1S/C15H25N5/c1-10(2)13-14(16)17-9-18-15(13)20-7-6-11-4-5-12(8-20)19(11)3/h9-12H,4-8H2,1-3H3,(H2,16,17,18). The average molecular weight is 275 g/mol. The molecule has 20 heavy (non-hydrogen) atoms. The van der Waals surface area contributed by atoms with Gasteiger partial charge in [-0.3, -0.25) is 4.90 Å². The van der Waals surface area contributed by atoms with Crippen molar-refractivity contribution in [2.45, 2.75) is 51.1 Å². The lowest BCUT2D eigenvalue weighted by Crippen LogP contribution is -2.37. The van der Waals surface area contributed by atoms with Gasteiger partial charge in [0.05, 0.1) is 0 Å². The third-order valence-electron chi connectivity index (χ3n) is 4.92. The van der Waals surface area contributed by atoms with Gasteiger partial charge in [0.15, 0.2) is 0 Å². The maximum atomic E-state index is 6.08. The van der Waals surface area contributed by atoms with E-state index in [-0.39, 0.29) is 0 Å². The zero-order valence-corrected chi connectivity index (χ0v) is 12.7. The van der Waals surface area contributed by atoms with E-state index in [4.69, 9.17) is 5.73 Å². The van der Waals surface area contributed by atoms with Gasteiger partial charge >= 0.3 is 0 Å². The third kappa shape index (κ3) is 2.24. The number of nitrogens with two attached hydrogens (primary N) is 1. The molecule has 1 aromatic heterocycles. The van der Waals surface area contributed by atoms with E-state index in [0.717, 1.165) is 30.5 Å². The molecular weight excluding hydrogens is 250 g/mol. The van der Waals surface area contributed by atoms with Crippen LogP contribution < -0.4 is 10.6 Å². The topological polar surface area (TPSA) is 58.3 Å². The van der Waals surface area contributed by atoms with Crippen molar-refractivity contribution < 1.29 is 0 Å². The molecule has 1 aromatic rings. The number of aromatic nitrogens is 2. The van der Waals surface area contributed by atoms with Gasteiger partial charge < -0.3 is 10.6 Å². The number of likely N-dealkylation sites (N-methyl/N-ethyl adjacent to an activating group) is 1. The van der Waals surface area contributed by atoms with Crippen molar-refractivity contribution >= 4 is 11.6 Å². The van der Waals surface area contributed by atoms with Gasteiger partial charge in [-0.25, -0.2) is 9.97 Å². The Balaban J connectivity index is 1.92. The maximum Gasteiger partial charge on any atom is 0.137 e. The number of nitrogen functional groups attached to an aromatic ring is 1. The predicted molar refractivity (Wildman–Crippen MR) is 81.9 cm³/mol. The Bertz CT molecular complexity index is 487. The summed E-state index contributed by atoms with van der Waals surface area (Å²) in [5.41, 5.74) is 7.19. The summed E-state index contributed by atoms with van der Waals surface area (Å²) in [4.78, 5) is 13.7. The van der Waals surface area contributed by atoms with Crippen LogP contribution in [0.4, 0.5) is 11.6 Å². The van der Waals surface area contributed by atoms with E-state index in [1.807, 2.05) is 0 Å². The Morgan fingerprint density at radius 2 is 1.95 bits per heavy atom. The number of hydrogen-bond donors (Lipinski definition) is 1. The Hall–Kier alpha value is -1.36. The first-order valence-electron chi connectivity index (χ1n) is 7.65. The van der Waals surface area contributed by atoms with Crippen molar-refractivity contribution in [1.82, 2.24) is 14.9 Å². The van der Waals surface area contributed by atoms with Crippen molar-refractivity contribution in [3.63, 3.8) is 0 Å². The highest BCUT2D eigenvalue weighted by Gasteiger charge is 2.35. The number of hydrogen-bond acceptors (Lipinski definition) is 5. The van der Waals surface area contributed by atoms with Crippen LogP contribution in [0.15, 0.2) is 6.33 Å². The van der Waals surface area contributed by atoms with Crippen molar-refractivity contribution in [3.8, 4) is 0 Å². The van der Waals surface area contributed by atoms with Crippen LogP contribution in [0.5, 0.6) is 0 Å². The van der Waals surface area contributed by atoms with E-state index in [1.54, 1.807) is 6.33 Å². The molecule has 0 amide bonds. The number of nitrogens with zero attached hydrogens (tertiary/aromatic N) is 4. The molecule has 2 N–H and O–H groups in total. The summed E-state index contributed by atoms with van der Waals surface area (Å²) in [6, 6.07) is 1.39. The van der Waals surface area contributed by atoms with Gasteiger partial charge in [-0.05, 0) is 32.2 Å². The first-order chi connectivity index (χ1) is 9.58. The molecule has 0 aliphatic carbocycles. The van der Waals surface area contributed by atoms with Gasteiger partial charge in [-0.1, -0.05) is 13.8 Å². The molecule has 5 heteroatoms. The summed E-state index contributed by atoms with van der Waals surface area (Å²) < 4.78 is 0. The van der Waals surface area contributed by atoms with Crippen LogP contribution in [-0.4, -0.2) is 47.1 Å². The van der Waals surface area contributed by atoms with Crippen LogP contribution in [0, 0.1) is 0 Å². The molecule has 2 aliphatic rings. The summed E-state index contributed by atoms with van der Waals surface area (Å²) in [6.45, 7) is 6.45. The minimum atomic E-state index is 0.351. The second-order valence-electron chi connectivity index (χ2n) is 6.44. The number of anilines is 2. The van der Waals surface area contributed by atoms with Crippen LogP contribution in [0.2, 0.25) is 0 Å². The molecule has 0 saturated carbocycles. The summed E-state index contributed by atoms with van der Waals surface area (Å²) in [5.74, 6) is 2.03. The van der Waals surface area contributed by atoms with E-state index in [0.29, 0.717) is 17.8 Å². The lowest BCUT2D eigenvalue weighted by molar-refractivity contribution is 0.254. The van der Waals surface area contributed by atoms with Gasteiger partial charge in [0.25, 0.3) is 0 Å². The average Bonchev–Trinajstić information content (AvgIpc) is 2.62. The molecule has 2 aliphatic heterocycles. The first-order valence-corrected chi connectivity index (χ1v) is 7.65. The van der Waals surface area contributed by atoms with Crippen LogP contribution in [0.3, 0.4) is 0 Å². The summed E-state index contributed by atoms with van der Waals surface area (Å²) in [6.07, 6.45) is 5.46. The molecule has 0 spiro atoms. The Morgan fingerprint density at radius 1 is 1.20 bits per heavy atom. The first kappa shape index (κ1) is 13.6. The van der Waals surface area contributed by atoms with Crippen molar-refractivity contribution in [2.24, 2.45) is 0 Å². The smallest absolute Gasteiger partial charge is 0.137 e. The lowest BCUT2D eigenvalue weighted by Gasteiger charge is -2.29. The van der Waals surface area contributed by atoms with Crippen molar-refractivity contribution in [3.05, 3.63) is 11.9 Å². The molecule has 0 radical (unpaired) electrons. The zero-order valence-electron chi connectivity index (χ0n) is 12.7. The molecule has 2 bridgehead atoms. The third-order valence-corrected chi connectivity index (χ3v) is 4.92. The highest BCUT2D eigenvalue weighted by Crippen LogP contribution is 2.34. The summed E-state index contributed by atoms with van der Waals surface area (Å²) in [7, 11) is 2.27. The fraction of sp³-hybridized carbons (Fsp3) is 0.733. The minimum absolute atomic E-state index is 0.351. The van der Waals surface area contributed by atoms with E-state index in [1.165, 1.54) is 19.3 Å². The quantitative estimate of drug-likeness (QED) is 0.892. The predicted octanol–water partition coefficient (Wildman–Crippen LogP) is 1.86. The largest absolute Gasteiger partial charge is 0.383 e. The van der Waals surface area contributed by atoms with E-state index < -0.39 is 0 Å². The van der Waals surface area contributed by atoms with Crippen LogP contribution in [0.1, 0.15) is 44.6 Å². The molecule has 3 rings (SSSR count). The van der Waals surface area contributed by atoms with Gasteiger partial charge in [0.1, 0.15) is 18.0 Å². The molecule has 0 aromatic carbocycles. The molecule has 110 valence electrons. The van der Waals surface area contributed by atoms with Gasteiger partial charge in [-0.2, -0.15) is 0 Å². The zero-order chi connectivity index (χ0) is 14.3. The Labute approximate surface area is 121 Å². The number of rotatable bonds is 2. The molecule has 2 unspecified atom stereocenters. The highest BCUT2D eigenvalue weighted by molar-refractivity contribution is 5.58. The van der Waals surface area contributed by atoms with Crippen molar-refractivity contribution in [2.75, 3.05) is 30.8 Å². The molecule has 2 atom stereocenters. The van der Waals surface area contributed by atoms with E-state index in [9.17, 15) is 0 Å². The van der Waals surface area contributed by atoms with E-state index >= 15 is 0 Å². The normalized spacial score (nSPS) is 27.1. The van der Waals surface area contributed by atoms with Gasteiger partial charge in [0.2, 0.25) is 0 Å². The maximum absolute atomic E-state index is 6.08. The highest BCUT2D eigenvalue weighted by atomic mass is 15.3. The van der Waals surface area contributed by atoms with E-state index in [2.05, 4.69) is 40.7 Å².